The lowest BCUT2D eigenvalue weighted by atomic mass is 10.2. The number of hydrogen-bond donors (Lipinski definition) is 0. The van der Waals surface area contributed by atoms with E-state index in [0.717, 1.165) is 12.4 Å². The molecule has 5 nitrogen and oxygen atoms in total. The summed E-state index contributed by atoms with van der Waals surface area (Å²) in [5.74, 6) is 0.151. The summed E-state index contributed by atoms with van der Waals surface area (Å²) in [7, 11) is 0. The molecule has 1 saturated heterocycles. The number of benzene rings is 1. The van der Waals surface area contributed by atoms with E-state index < -0.39 is 11.9 Å². The molecule has 2 heterocycles. The summed E-state index contributed by atoms with van der Waals surface area (Å²) in [4.78, 5) is 23.0. The number of rotatable bonds is 2. The molecule has 8 heteroatoms. The molecule has 1 amide bonds. The molecule has 0 atom stereocenters. The molecule has 0 spiro atoms. The molecule has 0 aliphatic carbocycles. The van der Waals surface area contributed by atoms with E-state index in [0.29, 0.717) is 31.7 Å². The minimum Gasteiger partial charge on any atom is -0.353 e. The van der Waals surface area contributed by atoms with Gasteiger partial charge in [0, 0.05) is 37.8 Å². The number of amides is 1. The van der Waals surface area contributed by atoms with Gasteiger partial charge in [0.15, 0.2) is 0 Å². The van der Waals surface area contributed by atoms with Gasteiger partial charge in [0.2, 0.25) is 0 Å². The number of carbonyl (C=O) groups is 1. The van der Waals surface area contributed by atoms with Crippen LogP contribution in [0.1, 0.15) is 16.1 Å². The summed E-state index contributed by atoms with van der Waals surface area (Å²) in [6.07, 6.45) is -3.58. The number of anilines is 1. The highest BCUT2D eigenvalue weighted by molar-refractivity contribution is 5.94. The van der Waals surface area contributed by atoms with Crippen molar-refractivity contribution in [3.8, 4) is 0 Å². The summed E-state index contributed by atoms with van der Waals surface area (Å²) in [5, 5.41) is 0. The molecule has 0 unspecified atom stereocenters. The van der Waals surface area contributed by atoms with Crippen LogP contribution >= 0.6 is 0 Å². The summed E-state index contributed by atoms with van der Waals surface area (Å²) >= 11 is 0. The van der Waals surface area contributed by atoms with Crippen LogP contribution in [-0.2, 0) is 6.18 Å². The highest BCUT2D eigenvalue weighted by atomic mass is 19.4. The molecular formula is C16H15F3N4O. The Hall–Kier alpha value is -2.64. The average Bonchev–Trinajstić information content (AvgIpc) is 2.61. The third kappa shape index (κ3) is 3.47. The molecule has 1 aromatic heterocycles. The molecule has 126 valence electrons. The average molecular weight is 336 g/mol. The first kappa shape index (κ1) is 16.2. The lowest BCUT2D eigenvalue weighted by Gasteiger charge is -2.35. The Labute approximate surface area is 136 Å². The minimum absolute atomic E-state index is 0.0751. The second-order valence-corrected chi connectivity index (χ2v) is 5.40. The van der Waals surface area contributed by atoms with Crippen LogP contribution < -0.4 is 4.90 Å². The van der Waals surface area contributed by atoms with E-state index in [-0.39, 0.29) is 11.7 Å². The van der Waals surface area contributed by atoms with Crippen LogP contribution in [0.5, 0.6) is 0 Å². The van der Waals surface area contributed by atoms with Crippen LogP contribution in [0.25, 0.3) is 0 Å². The van der Waals surface area contributed by atoms with Crippen molar-refractivity contribution >= 4 is 11.7 Å². The standard InChI is InChI=1S/C16H15F3N4O/c17-16(18,19)13-10-14(21-11-20-13)22-6-8-23(9-7-22)15(24)12-4-2-1-3-5-12/h1-5,10-11H,6-9H2. The third-order valence-electron chi connectivity index (χ3n) is 3.85. The van der Waals surface area contributed by atoms with Crippen LogP contribution in [0.4, 0.5) is 19.0 Å². The van der Waals surface area contributed by atoms with Gasteiger partial charge >= 0.3 is 6.18 Å². The number of piperazine rings is 1. The number of alkyl halides is 3. The smallest absolute Gasteiger partial charge is 0.353 e. The van der Waals surface area contributed by atoms with Crippen molar-refractivity contribution in [2.75, 3.05) is 31.1 Å². The molecule has 0 N–H and O–H groups in total. The van der Waals surface area contributed by atoms with E-state index >= 15 is 0 Å². The summed E-state index contributed by atoms with van der Waals surface area (Å²) in [6.45, 7) is 1.71. The van der Waals surface area contributed by atoms with E-state index in [1.807, 2.05) is 6.07 Å². The predicted molar refractivity (Wildman–Crippen MR) is 81.6 cm³/mol. The Balaban J connectivity index is 1.66. The van der Waals surface area contributed by atoms with Crippen molar-refractivity contribution < 1.29 is 18.0 Å². The van der Waals surface area contributed by atoms with Crippen LogP contribution in [-0.4, -0.2) is 47.0 Å². The van der Waals surface area contributed by atoms with Crippen LogP contribution in [0.3, 0.4) is 0 Å². The van der Waals surface area contributed by atoms with Crippen molar-refractivity contribution in [1.82, 2.24) is 14.9 Å². The van der Waals surface area contributed by atoms with Crippen molar-refractivity contribution in [1.29, 1.82) is 0 Å². The van der Waals surface area contributed by atoms with E-state index in [4.69, 9.17) is 0 Å². The van der Waals surface area contributed by atoms with Crippen LogP contribution in [0.15, 0.2) is 42.7 Å². The predicted octanol–water partition coefficient (Wildman–Crippen LogP) is 2.46. The van der Waals surface area contributed by atoms with Crippen molar-refractivity contribution in [3.63, 3.8) is 0 Å². The van der Waals surface area contributed by atoms with E-state index in [1.54, 1.807) is 34.1 Å². The Kier molecular flexibility index (Phi) is 4.37. The monoisotopic (exact) mass is 336 g/mol. The molecule has 1 aromatic carbocycles. The second kappa shape index (κ2) is 6.46. The van der Waals surface area contributed by atoms with E-state index in [2.05, 4.69) is 9.97 Å². The molecule has 0 bridgehead atoms. The van der Waals surface area contributed by atoms with Crippen LogP contribution in [0, 0.1) is 0 Å². The fourth-order valence-electron chi connectivity index (χ4n) is 2.58. The minimum atomic E-state index is -4.50. The van der Waals surface area contributed by atoms with Gasteiger partial charge in [-0.2, -0.15) is 13.2 Å². The number of hydrogen-bond acceptors (Lipinski definition) is 4. The number of halogens is 3. The molecule has 0 radical (unpaired) electrons. The highest BCUT2D eigenvalue weighted by Crippen LogP contribution is 2.29. The van der Waals surface area contributed by atoms with Gasteiger partial charge in [0.05, 0.1) is 0 Å². The maximum Gasteiger partial charge on any atom is 0.433 e. The second-order valence-electron chi connectivity index (χ2n) is 5.40. The normalized spacial score (nSPS) is 15.5. The van der Waals surface area contributed by atoms with Gasteiger partial charge in [-0.05, 0) is 12.1 Å². The fraction of sp³-hybridized carbons (Fsp3) is 0.312. The SMILES string of the molecule is O=C(c1ccccc1)N1CCN(c2cc(C(F)(F)F)ncn2)CC1. The Morgan fingerprint density at radius 2 is 1.67 bits per heavy atom. The number of aromatic nitrogens is 2. The van der Waals surface area contributed by atoms with Crippen molar-refractivity contribution in [2.24, 2.45) is 0 Å². The molecule has 0 saturated carbocycles. The first-order valence-electron chi connectivity index (χ1n) is 7.43. The topological polar surface area (TPSA) is 49.3 Å². The van der Waals surface area contributed by atoms with Gasteiger partial charge in [0.25, 0.3) is 5.91 Å². The molecule has 1 aliphatic rings. The van der Waals surface area contributed by atoms with Gasteiger partial charge in [-0.15, -0.1) is 0 Å². The largest absolute Gasteiger partial charge is 0.433 e. The molecule has 2 aromatic rings. The van der Waals surface area contributed by atoms with Crippen molar-refractivity contribution in [3.05, 3.63) is 54.0 Å². The molecular weight excluding hydrogens is 321 g/mol. The van der Waals surface area contributed by atoms with Gasteiger partial charge in [-0.1, -0.05) is 18.2 Å². The zero-order chi connectivity index (χ0) is 17.2. The van der Waals surface area contributed by atoms with E-state index in [1.165, 1.54) is 0 Å². The van der Waals surface area contributed by atoms with Gasteiger partial charge in [-0.25, -0.2) is 9.97 Å². The Morgan fingerprint density at radius 1 is 1.00 bits per heavy atom. The van der Waals surface area contributed by atoms with Gasteiger partial charge < -0.3 is 9.80 Å². The lowest BCUT2D eigenvalue weighted by Crippen LogP contribution is -2.49. The lowest BCUT2D eigenvalue weighted by molar-refractivity contribution is -0.141. The first-order chi connectivity index (χ1) is 11.4. The molecule has 3 rings (SSSR count). The Morgan fingerprint density at radius 3 is 2.29 bits per heavy atom. The quantitative estimate of drug-likeness (QED) is 0.845. The highest BCUT2D eigenvalue weighted by Gasteiger charge is 2.33. The maximum absolute atomic E-state index is 12.7. The Bertz CT molecular complexity index is 713. The summed E-state index contributed by atoms with van der Waals surface area (Å²) < 4.78 is 38.2. The maximum atomic E-state index is 12.7. The molecule has 24 heavy (non-hydrogen) atoms. The van der Waals surface area contributed by atoms with Gasteiger partial charge in [0.1, 0.15) is 17.8 Å². The molecule has 1 aliphatic heterocycles. The third-order valence-corrected chi connectivity index (χ3v) is 3.85. The summed E-state index contributed by atoms with van der Waals surface area (Å²) in [6, 6.07) is 9.85. The number of nitrogens with zero attached hydrogens (tertiary/aromatic N) is 4. The molecule has 1 fully saturated rings. The van der Waals surface area contributed by atoms with E-state index in [9.17, 15) is 18.0 Å². The van der Waals surface area contributed by atoms with Gasteiger partial charge in [-0.3, -0.25) is 4.79 Å². The van der Waals surface area contributed by atoms with Crippen LogP contribution in [0.2, 0.25) is 0 Å². The zero-order valence-corrected chi connectivity index (χ0v) is 12.7. The first-order valence-corrected chi connectivity index (χ1v) is 7.43. The summed E-state index contributed by atoms with van der Waals surface area (Å²) in [5.41, 5.74) is -0.359. The zero-order valence-electron chi connectivity index (χ0n) is 12.7. The fourth-order valence-corrected chi connectivity index (χ4v) is 2.58. The van der Waals surface area contributed by atoms with Crippen molar-refractivity contribution in [2.45, 2.75) is 6.18 Å². The number of carbonyl (C=O) groups excluding carboxylic acids is 1.